The van der Waals surface area contributed by atoms with Crippen LogP contribution in [0.2, 0.25) is 0 Å². The van der Waals surface area contributed by atoms with Gasteiger partial charge in [0.1, 0.15) is 0 Å². The summed E-state index contributed by atoms with van der Waals surface area (Å²) in [5.41, 5.74) is 1.04. The van der Waals surface area contributed by atoms with Gasteiger partial charge in [-0.2, -0.15) is 0 Å². The van der Waals surface area contributed by atoms with E-state index in [4.69, 9.17) is 0 Å². The smallest absolute Gasteiger partial charge is 0.175 e. The first-order valence-corrected chi connectivity index (χ1v) is 9.48. The molecule has 110 valence electrons. The van der Waals surface area contributed by atoms with Gasteiger partial charge in [0.2, 0.25) is 0 Å². The Morgan fingerprint density at radius 1 is 1.00 bits per heavy atom. The molecular weight excluding hydrogens is 270 g/mol. The fourth-order valence-electron chi connectivity index (χ4n) is 3.39. The second-order valence-electron chi connectivity index (χ2n) is 6.40. The Morgan fingerprint density at radius 2 is 1.70 bits per heavy atom. The Bertz CT molecular complexity index is 561. The molecule has 0 heterocycles. The molecule has 2 atom stereocenters. The van der Waals surface area contributed by atoms with Crippen molar-refractivity contribution in [1.82, 2.24) is 0 Å². The third-order valence-corrected chi connectivity index (χ3v) is 5.79. The maximum atomic E-state index is 11.4. The second-order valence-corrected chi connectivity index (χ2v) is 8.42. The SMILES string of the molecule is CS(=O)(=O)c1ccc(NC2CCCC(C3CC3)C2)cc1. The predicted molar refractivity (Wildman–Crippen MR) is 81.6 cm³/mol. The van der Waals surface area contributed by atoms with E-state index in [-0.39, 0.29) is 0 Å². The van der Waals surface area contributed by atoms with Crippen LogP contribution in [-0.4, -0.2) is 20.7 Å². The first kappa shape index (κ1) is 13.9. The zero-order valence-corrected chi connectivity index (χ0v) is 12.8. The number of hydrogen-bond donors (Lipinski definition) is 1. The molecule has 1 aromatic carbocycles. The Morgan fingerprint density at radius 3 is 2.30 bits per heavy atom. The van der Waals surface area contributed by atoms with Crippen LogP contribution in [0, 0.1) is 11.8 Å². The standard InChI is InChI=1S/C16H23NO2S/c1-20(18,19)16-9-7-14(8-10-16)17-15-4-2-3-13(11-15)12-5-6-12/h7-10,12-13,15,17H,2-6,11H2,1H3. The fraction of sp³-hybridized carbons (Fsp3) is 0.625. The lowest BCUT2D eigenvalue weighted by atomic mass is 9.82. The Hall–Kier alpha value is -1.03. The van der Waals surface area contributed by atoms with E-state index in [0.717, 1.165) is 17.5 Å². The maximum absolute atomic E-state index is 11.4. The van der Waals surface area contributed by atoms with Gasteiger partial charge in [0.05, 0.1) is 4.90 Å². The molecule has 0 amide bonds. The van der Waals surface area contributed by atoms with Crippen molar-refractivity contribution in [3.63, 3.8) is 0 Å². The van der Waals surface area contributed by atoms with E-state index in [9.17, 15) is 8.42 Å². The first-order chi connectivity index (χ1) is 9.52. The zero-order valence-electron chi connectivity index (χ0n) is 12.0. The van der Waals surface area contributed by atoms with Crippen LogP contribution in [-0.2, 0) is 9.84 Å². The Labute approximate surface area is 121 Å². The molecule has 0 radical (unpaired) electrons. The summed E-state index contributed by atoms with van der Waals surface area (Å²) < 4.78 is 22.9. The van der Waals surface area contributed by atoms with Gasteiger partial charge in [0.15, 0.2) is 9.84 Å². The molecule has 1 N–H and O–H groups in total. The highest BCUT2D eigenvalue weighted by Gasteiger charge is 2.34. The maximum Gasteiger partial charge on any atom is 0.175 e. The predicted octanol–water partition coefficient (Wildman–Crippen LogP) is 3.47. The van der Waals surface area contributed by atoms with Gasteiger partial charge in [-0.3, -0.25) is 0 Å². The lowest BCUT2D eigenvalue weighted by molar-refractivity contribution is 0.303. The van der Waals surface area contributed by atoms with Crippen molar-refractivity contribution < 1.29 is 8.42 Å². The van der Waals surface area contributed by atoms with E-state index < -0.39 is 9.84 Å². The molecule has 3 nitrogen and oxygen atoms in total. The van der Waals surface area contributed by atoms with Gasteiger partial charge in [-0.05, 0) is 61.8 Å². The van der Waals surface area contributed by atoms with Crippen molar-refractivity contribution >= 4 is 15.5 Å². The topological polar surface area (TPSA) is 46.2 Å². The lowest BCUT2D eigenvalue weighted by Gasteiger charge is -2.30. The summed E-state index contributed by atoms with van der Waals surface area (Å²) in [4.78, 5) is 0.391. The molecule has 2 saturated carbocycles. The van der Waals surface area contributed by atoms with Gasteiger partial charge in [-0.1, -0.05) is 12.8 Å². The average molecular weight is 293 g/mol. The second kappa shape index (κ2) is 5.40. The monoisotopic (exact) mass is 293 g/mol. The number of benzene rings is 1. The molecular formula is C16H23NO2S. The van der Waals surface area contributed by atoms with E-state index in [1.807, 2.05) is 12.1 Å². The minimum atomic E-state index is -3.09. The molecule has 0 aromatic heterocycles. The average Bonchev–Trinajstić information content (AvgIpc) is 3.23. The van der Waals surface area contributed by atoms with Crippen molar-refractivity contribution in [2.75, 3.05) is 11.6 Å². The van der Waals surface area contributed by atoms with Crippen LogP contribution >= 0.6 is 0 Å². The third kappa shape index (κ3) is 3.35. The highest BCUT2D eigenvalue weighted by atomic mass is 32.2. The summed E-state index contributed by atoms with van der Waals surface area (Å²) in [6.07, 6.45) is 9.34. The molecule has 3 rings (SSSR count). The van der Waals surface area contributed by atoms with Crippen molar-refractivity contribution in [2.45, 2.75) is 49.5 Å². The van der Waals surface area contributed by atoms with E-state index in [0.29, 0.717) is 10.9 Å². The third-order valence-electron chi connectivity index (χ3n) is 4.66. The van der Waals surface area contributed by atoms with Crippen LogP contribution in [0.3, 0.4) is 0 Å². The molecule has 0 aliphatic heterocycles. The van der Waals surface area contributed by atoms with Crippen LogP contribution in [0.15, 0.2) is 29.2 Å². The van der Waals surface area contributed by atoms with Crippen molar-refractivity contribution in [3.05, 3.63) is 24.3 Å². The molecule has 2 aliphatic rings. The van der Waals surface area contributed by atoms with Gasteiger partial charge in [0.25, 0.3) is 0 Å². The zero-order chi connectivity index (χ0) is 14.2. The summed E-state index contributed by atoms with van der Waals surface area (Å²) in [6.45, 7) is 0. The van der Waals surface area contributed by atoms with Gasteiger partial charge in [-0.15, -0.1) is 0 Å². The number of hydrogen-bond acceptors (Lipinski definition) is 3. The van der Waals surface area contributed by atoms with Crippen molar-refractivity contribution in [1.29, 1.82) is 0 Å². The summed E-state index contributed by atoms with van der Waals surface area (Å²) >= 11 is 0. The van der Waals surface area contributed by atoms with Crippen LogP contribution in [0.1, 0.15) is 38.5 Å². The Balaban J connectivity index is 1.62. The molecule has 0 saturated heterocycles. The lowest BCUT2D eigenvalue weighted by Crippen LogP contribution is -2.28. The summed E-state index contributed by atoms with van der Waals surface area (Å²) in [5, 5.41) is 3.58. The summed E-state index contributed by atoms with van der Waals surface area (Å²) in [6, 6.07) is 7.71. The summed E-state index contributed by atoms with van der Waals surface area (Å²) in [7, 11) is -3.09. The number of rotatable bonds is 4. The minimum Gasteiger partial charge on any atom is -0.382 e. The molecule has 0 spiro atoms. The molecule has 2 aliphatic carbocycles. The van der Waals surface area contributed by atoms with Crippen LogP contribution in [0.25, 0.3) is 0 Å². The van der Waals surface area contributed by atoms with Crippen LogP contribution < -0.4 is 5.32 Å². The minimum absolute atomic E-state index is 0.391. The van der Waals surface area contributed by atoms with Crippen molar-refractivity contribution in [3.8, 4) is 0 Å². The van der Waals surface area contributed by atoms with Crippen LogP contribution in [0.4, 0.5) is 5.69 Å². The first-order valence-electron chi connectivity index (χ1n) is 7.59. The molecule has 2 unspecified atom stereocenters. The Kier molecular flexibility index (Phi) is 3.76. The largest absolute Gasteiger partial charge is 0.382 e. The number of nitrogens with one attached hydrogen (secondary N) is 1. The molecule has 1 aromatic rings. The number of sulfone groups is 1. The van der Waals surface area contributed by atoms with E-state index in [2.05, 4.69) is 5.32 Å². The highest BCUT2D eigenvalue weighted by Crippen LogP contribution is 2.44. The van der Waals surface area contributed by atoms with E-state index >= 15 is 0 Å². The number of anilines is 1. The highest BCUT2D eigenvalue weighted by molar-refractivity contribution is 7.90. The normalized spacial score (nSPS) is 27.2. The molecule has 4 heteroatoms. The molecule has 20 heavy (non-hydrogen) atoms. The molecule has 2 fully saturated rings. The van der Waals surface area contributed by atoms with E-state index in [1.54, 1.807) is 12.1 Å². The quantitative estimate of drug-likeness (QED) is 0.924. The van der Waals surface area contributed by atoms with Gasteiger partial charge < -0.3 is 5.32 Å². The van der Waals surface area contributed by atoms with Gasteiger partial charge in [-0.25, -0.2) is 8.42 Å². The van der Waals surface area contributed by atoms with Gasteiger partial charge >= 0.3 is 0 Å². The molecule has 0 bridgehead atoms. The summed E-state index contributed by atoms with van der Waals surface area (Å²) in [5.74, 6) is 1.91. The van der Waals surface area contributed by atoms with Crippen LogP contribution in [0.5, 0.6) is 0 Å². The van der Waals surface area contributed by atoms with E-state index in [1.165, 1.54) is 44.8 Å². The van der Waals surface area contributed by atoms with Gasteiger partial charge in [0, 0.05) is 18.0 Å². The van der Waals surface area contributed by atoms with Crippen molar-refractivity contribution in [2.24, 2.45) is 11.8 Å². The fourth-order valence-corrected chi connectivity index (χ4v) is 4.02.